The number of H-pyrrole nitrogens is 1. The molecule has 1 aliphatic carbocycles. The second-order valence-corrected chi connectivity index (χ2v) is 8.83. The number of hydrogen-bond donors (Lipinski definition) is 3. The van der Waals surface area contributed by atoms with E-state index in [-0.39, 0.29) is 47.0 Å². The summed E-state index contributed by atoms with van der Waals surface area (Å²) in [6, 6.07) is 4.43. The van der Waals surface area contributed by atoms with Crippen molar-refractivity contribution in [1.29, 1.82) is 0 Å². The first-order valence-electron chi connectivity index (χ1n) is 11.7. The number of benzene rings is 1. The Labute approximate surface area is 207 Å². The van der Waals surface area contributed by atoms with Crippen LogP contribution in [0.4, 0.5) is 10.6 Å². The van der Waals surface area contributed by atoms with E-state index in [4.69, 9.17) is 18.9 Å². The van der Waals surface area contributed by atoms with Crippen molar-refractivity contribution in [3.63, 3.8) is 0 Å². The average molecular weight is 503 g/mol. The maximum atomic E-state index is 12.4. The number of aldehydes is 1. The molecule has 2 aromatic rings. The zero-order chi connectivity index (χ0) is 25.7. The largest absolute Gasteiger partial charge is 0.507 e. The number of amides is 2. The van der Waals surface area contributed by atoms with E-state index in [9.17, 15) is 19.5 Å². The van der Waals surface area contributed by atoms with Gasteiger partial charge in [0.15, 0.2) is 18.7 Å². The van der Waals surface area contributed by atoms with Crippen LogP contribution in [0.25, 0.3) is 0 Å². The number of nitrogens with zero attached hydrogens (tertiary/aromatic N) is 2. The number of rotatable bonds is 9. The van der Waals surface area contributed by atoms with Crippen LogP contribution in [0.15, 0.2) is 18.2 Å². The molecule has 0 spiro atoms. The molecular formula is C24H30N4O8. The summed E-state index contributed by atoms with van der Waals surface area (Å²) < 4.78 is 21.5. The lowest BCUT2D eigenvalue weighted by molar-refractivity contribution is -0.118. The Hall–Kier alpha value is -3.80. The third kappa shape index (κ3) is 5.88. The third-order valence-electron chi connectivity index (χ3n) is 6.50. The van der Waals surface area contributed by atoms with Gasteiger partial charge < -0.3 is 34.3 Å². The zero-order valence-corrected chi connectivity index (χ0v) is 20.2. The number of aromatic nitrogens is 2. The van der Waals surface area contributed by atoms with Crippen LogP contribution in [-0.2, 0) is 14.3 Å². The molecule has 1 aromatic heterocycles. The highest BCUT2D eigenvalue weighted by Crippen LogP contribution is 2.36. The normalized spacial score (nSPS) is 21.3. The number of aromatic hydroxyl groups is 1. The summed E-state index contributed by atoms with van der Waals surface area (Å²) in [6.45, 7) is 0.780. The lowest BCUT2D eigenvalue weighted by Gasteiger charge is -2.19. The highest BCUT2D eigenvalue weighted by molar-refractivity contribution is 5.91. The van der Waals surface area contributed by atoms with Gasteiger partial charge in [-0.05, 0) is 25.7 Å². The number of phenols is 1. The van der Waals surface area contributed by atoms with Gasteiger partial charge in [-0.3, -0.25) is 14.7 Å². The number of nitrogens with one attached hydrogen (secondary N) is 2. The molecule has 2 aliphatic rings. The summed E-state index contributed by atoms with van der Waals surface area (Å²) in [5.74, 6) is -0.0472. The summed E-state index contributed by atoms with van der Waals surface area (Å²) >= 11 is 0. The quantitative estimate of drug-likeness (QED) is 0.439. The number of anilines is 1. The predicted octanol–water partition coefficient (Wildman–Crippen LogP) is 2.45. The van der Waals surface area contributed by atoms with E-state index in [1.165, 1.54) is 19.2 Å². The SMILES string of the molecule is COc1cc(O)c(C=O)c(OCC(=O)Nc2cc([C@H]3CC[C@@H](OC(=O)N4CC[C@H](OC)C4)C3)[nH]n2)c1. The monoisotopic (exact) mass is 502 g/mol. The fourth-order valence-corrected chi connectivity index (χ4v) is 4.51. The molecule has 4 rings (SSSR count). The first kappa shape index (κ1) is 25.3. The average Bonchev–Trinajstić information content (AvgIpc) is 3.63. The molecule has 12 heteroatoms. The molecule has 1 saturated heterocycles. The number of aromatic amines is 1. The molecule has 1 saturated carbocycles. The van der Waals surface area contributed by atoms with Crippen LogP contribution in [0.1, 0.15) is 47.7 Å². The van der Waals surface area contributed by atoms with E-state index in [2.05, 4.69) is 15.5 Å². The predicted molar refractivity (Wildman–Crippen MR) is 127 cm³/mol. The molecule has 194 valence electrons. The molecule has 12 nitrogen and oxygen atoms in total. The second-order valence-electron chi connectivity index (χ2n) is 8.83. The van der Waals surface area contributed by atoms with Crippen LogP contribution in [0.3, 0.4) is 0 Å². The maximum absolute atomic E-state index is 12.4. The molecule has 0 radical (unpaired) electrons. The number of carbonyl (C=O) groups is 3. The molecular weight excluding hydrogens is 472 g/mol. The minimum atomic E-state index is -0.495. The van der Waals surface area contributed by atoms with Gasteiger partial charge in [-0.2, -0.15) is 5.10 Å². The molecule has 3 atom stereocenters. The third-order valence-corrected chi connectivity index (χ3v) is 6.50. The van der Waals surface area contributed by atoms with Gasteiger partial charge in [0.2, 0.25) is 0 Å². The van der Waals surface area contributed by atoms with Crippen molar-refractivity contribution < 1.29 is 38.4 Å². The fourth-order valence-electron chi connectivity index (χ4n) is 4.51. The second kappa shape index (κ2) is 11.3. The van der Waals surface area contributed by atoms with Gasteiger partial charge in [0.05, 0.1) is 25.3 Å². The summed E-state index contributed by atoms with van der Waals surface area (Å²) in [4.78, 5) is 37.7. The number of phenolic OH excluding ortho intramolecular Hbond substituents is 1. The molecule has 2 heterocycles. The Bertz CT molecular complexity index is 1100. The molecule has 3 N–H and O–H groups in total. The highest BCUT2D eigenvalue weighted by Gasteiger charge is 2.33. The van der Waals surface area contributed by atoms with E-state index in [1.807, 2.05) is 0 Å². The van der Waals surface area contributed by atoms with Crippen molar-refractivity contribution in [2.24, 2.45) is 0 Å². The van der Waals surface area contributed by atoms with E-state index in [0.717, 1.165) is 25.0 Å². The van der Waals surface area contributed by atoms with Crippen molar-refractivity contribution in [2.75, 3.05) is 39.2 Å². The lowest BCUT2D eigenvalue weighted by Crippen LogP contribution is -2.32. The number of methoxy groups -OCH3 is 2. The van der Waals surface area contributed by atoms with Gasteiger partial charge >= 0.3 is 6.09 Å². The fraction of sp³-hybridized carbons (Fsp3) is 0.500. The first-order valence-corrected chi connectivity index (χ1v) is 11.7. The topological polar surface area (TPSA) is 152 Å². The van der Waals surface area contributed by atoms with Crippen LogP contribution >= 0.6 is 0 Å². The Morgan fingerprint density at radius 1 is 1.22 bits per heavy atom. The van der Waals surface area contributed by atoms with Crippen molar-refractivity contribution in [3.8, 4) is 17.2 Å². The van der Waals surface area contributed by atoms with Crippen molar-refractivity contribution in [3.05, 3.63) is 29.5 Å². The van der Waals surface area contributed by atoms with Crippen LogP contribution in [0, 0.1) is 0 Å². The van der Waals surface area contributed by atoms with E-state index >= 15 is 0 Å². The smallest absolute Gasteiger partial charge is 0.410 e. The number of ether oxygens (including phenoxy) is 4. The number of carbonyl (C=O) groups excluding carboxylic acids is 3. The van der Waals surface area contributed by atoms with Gasteiger partial charge in [0.1, 0.15) is 23.4 Å². The molecule has 0 unspecified atom stereocenters. The molecule has 1 aliphatic heterocycles. The lowest BCUT2D eigenvalue weighted by atomic mass is 10.0. The van der Waals surface area contributed by atoms with E-state index in [0.29, 0.717) is 31.6 Å². The van der Waals surface area contributed by atoms with Crippen molar-refractivity contribution >= 4 is 24.1 Å². The number of hydrogen-bond acceptors (Lipinski definition) is 9. The van der Waals surface area contributed by atoms with Crippen LogP contribution in [0.5, 0.6) is 17.2 Å². The summed E-state index contributed by atoms with van der Waals surface area (Å²) in [5, 5.41) is 19.6. The van der Waals surface area contributed by atoms with Crippen LogP contribution in [0.2, 0.25) is 0 Å². The Morgan fingerprint density at radius 2 is 2.06 bits per heavy atom. The van der Waals surface area contributed by atoms with Gasteiger partial charge in [0, 0.05) is 43.5 Å². The molecule has 2 fully saturated rings. The van der Waals surface area contributed by atoms with Gasteiger partial charge in [-0.25, -0.2) is 4.79 Å². The summed E-state index contributed by atoms with van der Waals surface area (Å²) in [6.07, 6.45) is 3.07. The minimum absolute atomic E-state index is 0.0259. The highest BCUT2D eigenvalue weighted by atomic mass is 16.6. The van der Waals surface area contributed by atoms with Crippen LogP contribution < -0.4 is 14.8 Å². The molecule has 2 amide bonds. The zero-order valence-electron chi connectivity index (χ0n) is 20.2. The first-order chi connectivity index (χ1) is 17.4. The Balaban J connectivity index is 1.26. The standard InChI is InChI=1S/C24H30N4O8/c1-33-16-5-6-28(11-16)24(32)36-15-4-3-14(7-15)19-10-22(27-26-19)25-23(31)13-35-21-9-17(34-2)8-20(30)18(21)12-29/h8-10,12,14-16,30H,3-7,11,13H2,1-2H3,(H2,25,26,27,31)/t14-,15+,16-/m0/s1. The van der Waals surface area contributed by atoms with Gasteiger partial charge in [0.25, 0.3) is 5.91 Å². The van der Waals surface area contributed by atoms with Crippen molar-refractivity contribution in [2.45, 2.75) is 43.8 Å². The maximum Gasteiger partial charge on any atom is 0.410 e. The van der Waals surface area contributed by atoms with Gasteiger partial charge in [-0.1, -0.05) is 0 Å². The van der Waals surface area contributed by atoms with Crippen LogP contribution in [-0.4, -0.2) is 84.6 Å². The van der Waals surface area contributed by atoms with E-state index < -0.39 is 12.5 Å². The minimum Gasteiger partial charge on any atom is -0.507 e. The van der Waals surface area contributed by atoms with Crippen molar-refractivity contribution in [1.82, 2.24) is 15.1 Å². The Morgan fingerprint density at radius 3 is 2.78 bits per heavy atom. The number of likely N-dealkylation sites (tertiary alicyclic amines) is 1. The van der Waals surface area contributed by atoms with E-state index in [1.54, 1.807) is 18.1 Å². The summed E-state index contributed by atoms with van der Waals surface area (Å²) in [5.41, 5.74) is 0.761. The Kier molecular flexibility index (Phi) is 7.93. The molecule has 1 aromatic carbocycles. The summed E-state index contributed by atoms with van der Waals surface area (Å²) in [7, 11) is 3.05. The van der Waals surface area contributed by atoms with Gasteiger partial charge in [-0.15, -0.1) is 0 Å². The molecule has 0 bridgehead atoms. The molecule has 36 heavy (non-hydrogen) atoms.